The molecule has 0 saturated carbocycles. The summed E-state index contributed by atoms with van der Waals surface area (Å²) in [5, 5.41) is 0. The van der Waals surface area contributed by atoms with Gasteiger partial charge in [-0.05, 0) is 36.1 Å². The fourth-order valence-electron chi connectivity index (χ4n) is 2.73. The lowest BCUT2D eigenvalue weighted by atomic mass is 10.0. The van der Waals surface area contributed by atoms with Gasteiger partial charge in [0.1, 0.15) is 0 Å². The standard InChI is InChI=1S/C20H32N2Si2/c1-23(2,3)15-11-17-9-7-13-21-19(17)20-18(10-8-14-22-20)12-16-24(4,5)6/h7-10,13-14H,11-12,15-16H2,1-6H3. The predicted molar refractivity (Wildman–Crippen MR) is 111 cm³/mol. The number of hydrogen-bond acceptors (Lipinski definition) is 2. The van der Waals surface area contributed by atoms with Crippen LogP contribution in [0.3, 0.4) is 0 Å². The Bertz CT molecular complexity index is 610. The number of rotatable bonds is 7. The monoisotopic (exact) mass is 356 g/mol. The first-order valence-electron chi connectivity index (χ1n) is 9.04. The van der Waals surface area contributed by atoms with E-state index in [0.29, 0.717) is 0 Å². The van der Waals surface area contributed by atoms with Crippen molar-refractivity contribution in [3.05, 3.63) is 47.8 Å². The maximum absolute atomic E-state index is 4.72. The van der Waals surface area contributed by atoms with Gasteiger partial charge in [-0.25, -0.2) is 0 Å². The van der Waals surface area contributed by atoms with Crippen LogP contribution in [-0.4, -0.2) is 26.1 Å². The first-order valence-corrected chi connectivity index (χ1v) is 16.5. The minimum atomic E-state index is -1.06. The van der Waals surface area contributed by atoms with Crippen molar-refractivity contribution in [3.8, 4) is 11.4 Å². The summed E-state index contributed by atoms with van der Waals surface area (Å²) >= 11 is 0. The highest BCUT2D eigenvalue weighted by molar-refractivity contribution is 6.76. The smallest absolute Gasteiger partial charge is 0.0920 e. The molecule has 0 aromatic carbocycles. The molecule has 0 aliphatic carbocycles. The van der Waals surface area contributed by atoms with E-state index in [1.54, 1.807) is 0 Å². The second-order valence-corrected chi connectivity index (χ2v) is 20.4. The van der Waals surface area contributed by atoms with Gasteiger partial charge < -0.3 is 0 Å². The first-order chi connectivity index (χ1) is 11.2. The Morgan fingerprint density at radius 3 is 1.38 bits per heavy atom. The Kier molecular flexibility index (Phi) is 6.15. The van der Waals surface area contributed by atoms with E-state index in [9.17, 15) is 0 Å². The average Bonchev–Trinajstić information content (AvgIpc) is 2.50. The molecule has 2 aromatic heterocycles. The maximum atomic E-state index is 4.72. The van der Waals surface area contributed by atoms with Gasteiger partial charge in [-0.3, -0.25) is 9.97 Å². The quantitative estimate of drug-likeness (QED) is 0.577. The van der Waals surface area contributed by atoms with Crippen LogP contribution in [-0.2, 0) is 12.8 Å². The maximum Gasteiger partial charge on any atom is 0.0920 e. The minimum Gasteiger partial charge on any atom is -0.254 e. The normalized spacial score (nSPS) is 12.4. The number of aryl methyl sites for hydroxylation is 2. The lowest BCUT2D eigenvalue weighted by Gasteiger charge is -2.19. The van der Waals surface area contributed by atoms with Crippen LogP contribution < -0.4 is 0 Å². The summed E-state index contributed by atoms with van der Waals surface area (Å²) in [6.45, 7) is 14.6. The van der Waals surface area contributed by atoms with Crippen LogP contribution in [0.1, 0.15) is 11.1 Å². The SMILES string of the molecule is C[Si](C)(C)CCc1cccnc1-c1ncccc1CC[Si](C)(C)C. The molecule has 0 saturated heterocycles. The topological polar surface area (TPSA) is 25.8 Å². The third-order valence-electron chi connectivity index (χ3n) is 4.30. The molecule has 24 heavy (non-hydrogen) atoms. The molecule has 2 rings (SSSR count). The summed E-state index contributed by atoms with van der Waals surface area (Å²) < 4.78 is 0. The van der Waals surface area contributed by atoms with Crippen molar-refractivity contribution < 1.29 is 0 Å². The first kappa shape index (κ1) is 19.1. The number of pyridine rings is 2. The molecule has 130 valence electrons. The van der Waals surface area contributed by atoms with Crippen molar-refractivity contribution in [2.45, 2.75) is 64.2 Å². The van der Waals surface area contributed by atoms with Crippen molar-refractivity contribution >= 4 is 16.1 Å². The summed E-state index contributed by atoms with van der Waals surface area (Å²) in [6, 6.07) is 11.2. The molecule has 2 heterocycles. The molecule has 0 radical (unpaired) electrons. The molecular formula is C20H32N2Si2. The Morgan fingerprint density at radius 1 is 0.667 bits per heavy atom. The lowest BCUT2D eigenvalue weighted by molar-refractivity contribution is 1.03. The highest BCUT2D eigenvalue weighted by atomic mass is 28.3. The molecule has 0 bridgehead atoms. The van der Waals surface area contributed by atoms with Crippen LogP contribution in [0, 0.1) is 0 Å². The Hall–Kier alpha value is -1.27. The van der Waals surface area contributed by atoms with Gasteiger partial charge in [-0.2, -0.15) is 0 Å². The van der Waals surface area contributed by atoms with Crippen molar-refractivity contribution in [1.29, 1.82) is 0 Å². The third-order valence-corrected chi connectivity index (χ3v) is 7.80. The molecule has 0 aliphatic rings. The van der Waals surface area contributed by atoms with Gasteiger partial charge in [0.15, 0.2) is 0 Å². The fraction of sp³-hybridized carbons (Fsp3) is 0.500. The van der Waals surface area contributed by atoms with Crippen molar-refractivity contribution in [2.24, 2.45) is 0 Å². The van der Waals surface area contributed by atoms with Gasteiger partial charge in [-0.1, -0.05) is 63.5 Å². The molecule has 0 unspecified atom stereocenters. The van der Waals surface area contributed by atoms with Crippen LogP contribution in [0.5, 0.6) is 0 Å². The second-order valence-electron chi connectivity index (χ2n) is 9.14. The molecule has 0 aliphatic heterocycles. The van der Waals surface area contributed by atoms with E-state index in [4.69, 9.17) is 9.97 Å². The largest absolute Gasteiger partial charge is 0.254 e. The summed E-state index contributed by atoms with van der Waals surface area (Å²) in [4.78, 5) is 9.44. The van der Waals surface area contributed by atoms with E-state index in [-0.39, 0.29) is 0 Å². The highest BCUT2D eigenvalue weighted by Gasteiger charge is 2.18. The molecule has 0 N–H and O–H groups in total. The third kappa shape index (κ3) is 5.98. The van der Waals surface area contributed by atoms with Gasteiger partial charge >= 0.3 is 0 Å². The van der Waals surface area contributed by atoms with Crippen LogP contribution in [0.4, 0.5) is 0 Å². The summed E-state index contributed by atoms with van der Waals surface area (Å²) in [5.41, 5.74) is 4.91. The molecule has 4 heteroatoms. The van der Waals surface area contributed by atoms with Gasteiger partial charge in [-0.15, -0.1) is 0 Å². The summed E-state index contributed by atoms with van der Waals surface area (Å²) in [5.74, 6) is 0. The molecule has 0 atom stereocenters. The fourth-order valence-corrected chi connectivity index (χ4v) is 4.77. The lowest BCUT2D eigenvalue weighted by Crippen LogP contribution is -2.20. The van der Waals surface area contributed by atoms with Gasteiger partial charge in [0.25, 0.3) is 0 Å². The van der Waals surface area contributed by atoms with Crippen LogP contribution in [0.25, 0.3) is 11.4 Å². The van der Waals surface area contributed by atoms with E-state index in [1.165, 1.54) is 23.2 Å². The predicted octanol–water partition coefficient (Wildman–Crippen LogP) is 5.91. The minimum absolute atomic E-state index is 1.06. The van der Waals surface area contributed by atoms with E-state index in [2.05, 4.69) is 63.5 Å². The second kappa shape index (κ2) is 7.74. The van der Waals surface area contributed by atoms with Crippen molar-refractivity contribution in [2.75, 3.05) is 0 Å². The van der Waals surface area contributed by atoms with E-state index >= 15 is 0 Å². The van der Waals surface area contributed by atoms with E-state index < -0.39 is 16.1 Å². The van der Waals surface area contributed by atoms with Crippen molar-refractivity contribution in [3.63, 3.8) is 0 Å². The van der Waals surface area contributed by atoms with E-state index in [1.807, 2.05) is 12.4 Å². The Balaban J connectivity index is 2.32. The molecule has 0 amide bonds. The zero-order valence-electron chi connectivity index (χ0n) is 16.2. The Morgan fingerprint density at radius 2 is 1.04 bits per heavy atom. The molecule has 2 aromatic rings. The number of aromatic nitrogens is 2. The van der Waals surface area contributed by atoms with E-state index in [0.717, 1.165) is 24.2 Å². The van der Waals surface area contributed by atoms with Crippen LogP contribution in [0.15, 0.2) is 36.7 Å². The summed E-state index contributed by atoms with van der Waals surface area (Å²) in [7, 11) is -2.12. The molecule has 2 nitrogen and oxygen atoms in total. The molecular weight excluding hydrogens is 324 g/mol. The zero-order valence-corrected chi connectivity index (χ0v) is 18.2. The molecule has 0 fully saturated rings. The number of nitrogens with zero attached hydrogens (tertiary/aromatic N) is 2. The highest BCUT2D eigenvalue weighted by Crippen LogP contribution is 2.27. The molecule has 0 spiro atoms. The average molecular weight is 357 g/mol. The number of hydrogen-bond donors (Lipinski definition) is 0. The van der Waals surface area contributed by atoms with Crippen LogP contribution in [0.2, 0.25) is 51.4 Å². The Labute approximate surface area is 149 Å². The zero-order chi connectivity index (χ0) is 17.8. The summed E-state index contributed by atoms with van der Waals surface area (Å²) in [6.07, 6.45) is 6.04. The van der Waals surface area contributed by atoms with Gasteiger partial charge in [0.2, 0.25) is 0 Å². The van der Waals surface area contributed by atoms with Gasteiger partial charge in [0.05, 0.1) is 11.4 Å². The van der Waals surface area contributed by atoms with Crippen LogP contribution >= 0.6 is 0 Å². The van der Waals surface area contributed by atoms with Gasteiger partial charge in [0, 0.05) is 28.5 Å². The van der Waals surface area contributed by atoms with Crippen molar-refractivity contribution in [1.82, 2.24) is 9.97 Å².